The van der Waals surface area contributed by atoms with Gasteiger partial charge in [0.25, 0.3) is 0 Å². The number of hydrogen-bond donors (Lipinski definition) is 1. The van der Waals surface area contributed by atoms with Crippen molar-refractivity contribution in [2.24, 2.45) is 7.05 Å². The van der Waals surface area contributed by atoms with E-state index in [0.717, 1.165) is 25.1 Å². The van der Waals surface area contributed by atoms with E-state index in [1.54, 1.807) is 6.20 Å². The number of carbonyl (C=O) groups excluding carboxylic acids is 1. The van der Waals surface area contributed by atoms with Crippen molar-refractivity contribution in [3.05, 3.63) is 28.5 Å². The van der Waals surface area contributed by atoms with Gasteiger partial charge in [-0.15, -0.1) is 11.3 Å². The normalized spacial score (nSPS) is 18.8. The summed E-state index contributed by atoms with van der Waals surface area (Å²) in [5.74, 6) is 0.000969. The molecule has 0 spiro atoms. The summed E-state index contributed by atoms with van der Waals surface area (Å²) in [6.07, 6.45) is 3.89. The highest BCUT2D eigenvalue weighted by atomic mass is 32.1. The fraction of sp³-hybridized carbons (Fsp3) is 0.533. The summed E-state index contributed by atoms with van der Waals surface area (Å²) in [6, 6.07) is 0.288. The van der Waals surface area contributed by atoms with Crippen LogP contribution in [0.1, 0.15) is 35.8 Å². The number of rotatable bonds is 4. The number of nitrogens with one attached hydrogen (secondary N) is 1. The summed E-state index contributed by atoms with van der Waals surface area (Å²) in [7, 11) is 1.97. The largest absolute Gasteiger partial charge is 0.301 e. The molecule has 0 bridgehead atoms. The monoisotopic (exact) mass is 319 g/mol. The molecule has 3 heterocycles. The van der Waals surface area contributed by atoms with Crippen LogP contribution >= 0.6 is 11.3 Å². The van der Waals surface area contributed by atoms with Crippen LogP contribution in [0.5, 0.6) is 0 Å². The molecule has 1 aliphatic rings. The number of aromatic nitrogens is 3. The maximum absolute atomic E-state index is 12.2. The molecule has 1 fully saturated rings. The molecule has 2 aromatic rings. The van der Waals surface area contributed by atoms with Gasteiger partial charge in [-0.3, -0.25) is 14.4 Å². The first-order chi connectivity index (χ1) is 10.6. The van der Waals surface area contributed by atoms with Gasteiger partial charge in [0.05, 0.1) is 12.2 Å². The first-order valence-corrected chi connectivity index (χ1v) is 8.37. The van der Waals surface area contributed by atoms with Crippen LogP contribution in [0.4, 0.5) is 5.13 Å². The van der Waals surface area contributed by atoms with E-state index in [-0.39, 0.29) is 11.9 Å². The Balaban J connectivity index is 1.72. The molecule has 2 aromatic heterocycles. The predicted molar refractivity (Wildman–Crippen MR) is 87.0 cm³/mol. The van der Waals surface area contributed by atoms with Crippen LogP contribution in [0.25, 0.3) is 0 Å². The molecule has 0 saturated carbocycles. The number of carbonyl (C=O) groups is 1. The van der Waals surface area contributed by atoms with E-state index in [0.29, 0.717) is 11.7 Å². The van der Waals surface area contributed by atoms with E-state index >= 15 is 0 Å². The number of amides is 1. The van der Waals surface area contributed by atoms with Crippen molar-refractivity contribution < 1.29 is 4.79 Å². The fourth-order valence-electron chi connectivity index (χ4n) is 3.24. The lowest BCUT2D eigenvalue weighted by Crippen LogP contribution is -2.33. The minimum Gasteiger partial charge on any atom is -0.301 e. The van der Waals surface area contributed by atoms with E-state index < -0.39 is 0 Å². The van der Waals surface area contributed by atoms with E-state index in [1.165, 1.54) is 22.6 Å². The summed E-state index contributed by atoms with van der Waals surface area (Å²) >= 11 is 1.44. The molecule has 1 N–H and O–H groups in total. The van der Waals surface area contributed by atoms with Gasteiger partial charge in [-0.25, -0.2) is 4.98 Å². The average molecular weight is 319 g/mol. The summed E-state index contributed by atoms with van der Waals surface area (Å²) in [4.78, 5) is 18.6. The van der Waals surface area contributed by atoms with Gasteiger partial charge >= 0.3 is 0 Å². The van der Waals surface area contributed by atoms with Crippen molar-refractivity contribution in [2.75, 3.05) is 18.4 Å². The van der Waals surface area contributed by atoms with Crippen molar-refractivity contribution in [3.8, 4) is 0 Å². The van der Waals surface area contributed by atoms with Crippen molar-refractivity contribution >= 4 is 22.4 Å². The first-order valence-electron chi connectivity index (χ1n) is 7.49. The number of hydrogen-bond acceptors (Lipinski definition) is 5. The molecule has 6 nitrogen and oxygen atoms in total. The molecule has 0 aliphatic carbocycles. The van der Waals surface area contributed by atoms with Gasteiger partial charge < -0.3 is 5.32 Å². The second-order valence-corrected chi connectivity index (χ2v) is 6.62. The highest BCUT2D eigenvalue weighted by Gasteiger charge is 2.31. The summed E-state index contributed by atoms with van der Waals surface area (Å²) in [5, 5.41) is 9.89. The smallest absolute Gasteiger partial charge is 0.240 e. The van der Waals surface area contributed by atoms with Crippen LogP contribution in [0.3, 0.4) is 0 Å². The molecule has 1 atom stereocenters. The Kier molecular flexibility index (Phi) is 4.26. The molecule has 7 heteroatoms. The number of aryl methyl sites for hydroxylation is 2. The molecule has 118 valence electrons. The fourth-order valence-corrected chi connectivity index (χ4v) is 3.79. The van der Waals surface area contributed by atoms with Gasteiger partial charge in [-0.05, 0) is 33.2 Å². The molecular weight excluding hydrogens is 298 g/mol. The van der Waals surface area contributed by atoms with E-state index in [2.05, 4.69) is 34.1 Å². The second kappa shape index (κ2) is 6.18. The Morgan fingerprint density at radius 2 is 2.32 bits per heavy atom. The van der Waals surface area contributed by atoms with Crippen LogP contribution in [0.2, 0.25) is 0 Å². The molecular formula is C15H21N5OS. The van der Waals surface area contributed by atoms with E-state index in [4.69, 9.17) is 0 Å². The minimum absolute atomic E-state index is 0.000969. The lowest BCUT2D eigenvalue weighted by Gasteiger charge is -2.24. The Bertz CT molecular complexity index is 664. The van der Waals surface area contributed by atoms with Crippen LogP contribution in [-0.2, 0) is 11.8 Å². The Labute approximate surface area is 134 Å². The van der Waals surface area contributed by atoms with Gasteiger partial charge in [0.1, 0.15) is 0 Å². The van der Waals surface area contributed by atoms with E-state index in [9.17, 15) is 4.79 Å². The second-order valence-electron chi connectivity index (χ2n) is 5.72. The summed E-state index contributed by atoms with van der Waals surface area (Å²) < 4.78 is 1.93. The number of nitrogens with zero attached hydrogens (tertiary/aromatic N) is 4. The highest BCUT2D eigenvalue weighted by molar-refractivity contribution is 7.13. The van der Waals surface area contributed by atoms with Crippen molar-refractivity contribution in [3.63, 3.8) is 0 Å². The molecule has 3 rings (SSSR count). The molecule has 1 saturated heterocycles. The molecule has 22 heavy (non-hydrogen) atoms. The lowest BCUT2D eigenvalue weighted by atomic mass is 10.0. The SMILES string of the molecule is Cc1nn(C)c(C)c1C1CCCN1CC(=O)Nc1nccs1. The number of anilines is 1. The summed E-state index contributed by atoms with van der Waals surface area (Å²) in [6.45, 7) is 5.50. The van der Waals surface area contributed by atoms with Gasteiger partial charge in [-0.2, -0.15) is 5.10 Å². The van der Waals surface area contributed by atoms with Crippen molar-refractivity contribution in [1.29, 1.82) is 0 Å². The van der Waals surface area contributed by atoms with Gasteiger partial charge in [-0.1, -0.05) is 0 Å². The number of thiazole rings is 1. The molecule has 0 radical (unpaired) electrons. The van der Waals surface area contributed by atoms with Gasteiger partial charge in [0.15, 0.2) is 5.13 Å². The molecule has 1 unspecified atom stereocenters. The Hall–Kier alpha value is -1.73. The van der Waals surface area contributed by atoms with Crippen molar-refractivity contribution in [1.82, 2.24) is 19.7 Å². The third-order valence-electron chi connectivity index (χ3n) is 4.29. The Morgan fingerprint density at radius 3 is 2.95 bits per heavy atom. The lowest BCUT2D eigenvalue weighted by molar-refractivity contribution is -0.117. The van der Waals surface area contributed by atoms with E-state index in [1.807, 2.05) is 17.1 Å². The zero-order chi connectivity index (χ0) is 15.7. The molecule has 1 amide bonds. The first kappa shape index (κ1) is 15.2. The van der Waals surface area contributed by atoms with Crippen LogP contribution in [0, 0.1) is 13.8 Å². The topological polar surface area (TPSA) is 63.1 Å². The zero-order valence-electron chi connectivity index (χ0n) is 13.2. The van der Waals surface area contributed by atoms with Crippen LogP contribution < -0.4 is 5.32 Å². The predicted octanol–water partition coefficient (Wildman–Crippen LogP) is 2.27. The van der Waals surface area contributed by atoms with Crippen LogP contribution in [-0.4, -0.2) is 38.7 Å². The van der Waals surface area contributed by atoms with Gasteiger partial charge in [0, 0.05) is 35.9 Å². The minimum atomic E-state index is 0.000969. The van der Waals surface area contributed by atoms with Crippen molar-refractivity contribution in [2.45, 2.75) is 32.7 Å². The third-order valence-corrected chi connectivity index (χ3v) is 4.98. The standard InChI is InChI=1S/C15H21N5OS/c1-10-14(11(2)19(3)18-10)12-5-4-7-20(12)9-13(21)17-15-16-6-8-22-15/h6,8,12H,4-5,7,9H2,1-3H3,(H,16,17,21). The average Bonchev–Trinajstić information content (AvgIpc) is 3.15. The quantitative estimate of drug-likeness (QED) is 0.939. The zero-order valence-corrected chi connectivity index (χ0v) is 14.0. The maximum atomic E-state index is 12.2. The van der Waals surface area contributed by atoms with Gasteiger partial charge in [0.2, 0.25) is 5.91 Å². The third kappa shape index (κ3) is 2.91. The van der Waals surface area contributed by atoms with Crippen LogP contribution in [0.15, 0.2) is 11.6 Å². The number of likely N-dealkylation sites (tertiary alicyclic amines) is 1. The maximum Gasteiger partial charge on any atom is 0.240 e. The highest BCUT2D eigenvalue weighted by Crippen LogP contribution is 2.35. The summed E-state index contributed by atoms with van der Waals surface area (Å²) in [5.41, 5.74) is 3.54. The molecule has 0 aromatic carbocycles. The molecule has 1 aliphatic heterocycles. The Morgan fingerprint density at radius 1 is 1.50 bits per heavy atom.